The Morgan fingerprint density at radius 1 is 1.39 bits per heavy atom. The molecule has 2 saturated heterocycles. The topological polar surface area (TPSA) is 75.0 Å². The third-order valence-electron chi connectivity index (χ3n) is 4.60. The third-order valence-corrected chi connectivity index (χ3v) is 4.60. The molecule has 0 unspecified atom stereocenters. The molecule has 3 rings (SSSR count). The summed E-state index contributed by atoms with van der Waals surface area (Å²) in [5, 5.41) is 2.85. The average Bonchev–Trinajstić information content (AvgIpc) is 3.16. The summed E-state index contributed by atoms with van der Waals surface area (Å²) in [6, 6.07) is 3.63. The van der Waals surface area contributed by atoms with Crippen LogP contribution in [0.5, 0.6) is 0 Å². The molecule has 2 fully saturated rings. The number of likely N-dealkylation sites (tertiary alicyclic amines) is 1. The molecule has 0 saturated carbocycles. The van der Waals surface area contributed by atoms with Crippen molar-refractivity contribution in [2.75, 3.05) is 32.7 Å². The average molecular weight is 321 g/mol. The molecule has 2 amide bonds. The lowest BCUT2D eigenvalue weighted by Crippen LogP contribution is -2.49. The van der Waals surface area contributed by atoms with Gasteiger partial charge in [0, 0.05) is 32.5 Å². The molecule has 2 aliphatic rings. The summed E-state index contributed by atoms with van der Waals surface area (Å²) >= 11 is 0. The number of carbonyl (C=O) groups excluding carboxylic acids is 2. The standard InChI is InChI=1S/C16H23N3O4/c1-2-19-12-16(23-15(19)21)5-7-18(8-6-16)11-14(20)17-10-13-4-3-9-22-13/h3-4,9H,2,5-8,10-12H2,1H3,(H,17,20). The van der Waals surface area contributed by atoms with Crippen LogP contribution < -0.4 is 5.32 Å². The number of rotatable bonds is 5. The SMILES string of the molecule is CCN1CC2(CCN(CC(=O)NCc3ccco3)CC2)OC1=O. The third kappa shape index (κ3) is 3.67. The zero-order valence-corrected chi connectivity index (χ0v) is 13.4. The summed E-state index contributed by atoms with van der Waals surface area (Å²) in [5.74, 6) is 0.726. The molecule has 0 bridgehead atoms. The van der Waals surface area contributed by atoms with Gasteiger partial charge in [0.05, 0.1) is 25.9 Å². The molecule has 0 aromatic carbocycles. The van der Waals surface area contributed by atoms with E-state index in [9.17, 15) is 9.59 Å². The van der Waals surface area contributed by atoms with Crippen molar-refractivity contribution in [2.45, 2.75) is 31.9 Å². The van der Waals surface area contributed by atoms with Crippen LogP contribution in [0.3, 0.4) is 0 Å². The van der Waals surface area contributed by atoms with Crippen molar-refractivity contribution < 1.29 is 18.7 Å². The monoisotopic (exact) mass is 321 g/mol. The fourth-order valence-corrected chi connectivity index (χ4v) is 3.17. The first-order valence-corrected chi connectivity index (χ1v) is 8.09. The van der Waals surface area contributed by atoms with Crippen LogP contribution in [-0.2, 0) is 16.1 Å². The molecule has 1 N–H and O–H groups in total. The number of hydrogen-bond acceptors (Lipinski definition) is 5. The molecule has 7 heteroatoms. The lowest BCUT2D eigenvalue weighted by molar-refractivity contribution is -0.123. The van der Waals surface area contributed by atoms with Crippen molar-refractivity contribution >= 4 is 12.0 Å². The minimum Gasteiger partial charge on any atom is -0.467 e. The quantitative estimate of drug-likeness (QED) is 0.882. The predicted octanol–water partition coefficient (Wildman–Crippen LogP) is 1.20. The summed E-state index contributed by atoms with van der Waals surface area (Å²) in [7, 11) is 0. The van der Waals surface area contributed by atoms with Gasteiger partial charge in [-0.3, -0.25) is 9.69 Å². The highest BCUT2D eigenvalue weighted by Gasteiger charge is 2.46. The van der Waals surface area contributed by atoms with Gasteiger partial charge in [-0.2, -0.15) is 0 Å². The Morgan fingerprint density at radius 2 is 2.17 bits per heavy atom. The maximum atomic E-state index is 12.0. The molecule has 0 radical (unpaired) electrons. The summed E-state index contributed by atoms with van der Waals surface area (Å²) in [4.78, 5) is 27.6. The fraction of sp³-hybridized carbons (Fsp3) is 0.625. The smallest absolute Gasteiger partial charge is 0.410 e. The van der Waals surface area contributed by atoms with Crippen LogP contribution >= 0.6 is 0 Å². The second-order valence-corrected chi connectivity index (χ2v) is 6.20. The van der Waals surface area contributed by atoms with Crippen molar-refractivity contribution in [2.24, 2.45) is 0 Å². The molecule has 1 spiro atoms. The van der Waals surface area contributed by atoms with Crippen LogP contribution in [0.2, 0.25) is 0 Å². The van der Waals surface area contributed by atoms with E-state index in [0.29, 0.717) is 26.2 Å². The van der Waals surface area contributed by atoms with Crippen molar-refractivity contribution in [1.82, 2.24) is 15.1 Å². The molecule has 3 heterocycles. The second-order valence-electron chi connectivity index (χ2n) is 6.20. The lowest BCUT2D eigenvalue weighted by Gasteiger charge is -2.37. The number of hydrogen-bond donors (Lipinski definition) is 1. The molecular weight excluding hydrogens is 298 g/mol. The number of likely N-dealkylation sites (N-methyl/N-ethyl adjacent to an activating group) is 1. The molecule has 1 aromatic heterocycles. The van der Waals surface area contributed by atoms with Crippen LogP contribution in [0, 0.1) is 0 Å². The zero-order valence-electron chi connectivity index (χ0n) is 13.4. The van der Waals surface area contributed by atoms with E-state index in [4.69, 9.17) is 9.15 Å². The normalized spacial score (nSPS) is 20.7. The van der Waals surface area contributed by atoms with Crippen LogP contribution in [0.4, 0.5) is 4.79 Å². The molecule has 7 nitrogen and oxygen atoms in total. The molecule has 1 aromatic rings. The summed E-state index contributed by atoms with van der Waals surface area (Å²) in [5.41, 5.74) is -0.353. The summed E-state index contributed by atoms with van der Waals surface area (Å²) in [6.45, 7) is 5.60. The Hall–Kier alpha value is -2.02. The van der Waals surface area contributed by atoms with Crippen LogP contribution in [0.15, 0.2) is 22.8 Å². The Labute approximate surface area is 135 Å². The Kier molecular flexibility index (Phi) is 4.56. The van der Waals surface area contributed by atoms with Crippen LogP contribution in [0.1, 0.15) is 25.5 Å². The van der Waals surface area contributed by atoms with E-state index >= 15 is 0 Å². The van der Waals surface area contributed by atoms with Gasteiger partial charge in [0.1, 0.15) is 11.4 Å². The first kappa shape index (κ1) is 15.9. The number of nitrogens with zero attached hydrogens (tertiary/aromatic N) is 2. The van der Waals surface area contributed by atoms with Crippen molar-refractivity contribution in [1.29, 1.82) is 0 Å². The van der Waals surface area contributed by atoms with Gasteiger partial charge >= 0.3 is 6.09 Å². The van der Waals surface area contributed by atoms with Gasteiger partial charge in [0.25, 0.3) is 0 Å². The summed E-state index contributed by atoms with van der Waals surface area (Å²) < 4.78 is 10.8. The molecule has 0 atom stereocenters. The minimum absolute atomic E-state index is 0.0176. The fourth-order valence-electron chi connectivity index (χ4n) is 3.17. The van der Waals surface area contributed by atoms with Gasteiger partial charge in [0.2, 0.25) is 5.91 Å². The second kappa shape index (κ2) is 6.62. The highest BCUT2D eigenvalue weighted by atomic mass is 16.6. The van der Waals surface area contributed by atoms with Gasteiger partial charge in [-0.1, -0.05) is 0 Å². The van der Waals surface area contributed by atoms with E-state index in [0.717, 1.165) is 31.7 Å². The first-order chi connectivity index (χ1) is 11.1. The number of furan rings is 1. The molecule has 23 heavy (non-hydrogen) atoms. The molecular formula is C16H23N3O4. The highest BCUT2D eigenvalue weighted by molar-refractivity contribution is 5.78. The number of piperidine rings is 1. The predicted molar refractivity (Wildman–Crippen MR) is 82.7 cm³/mol. The van der Waals surface area contributed by atoms with Crippen molar-refractivity contribution in [3.05, 3.63) is 24.2 Å². The molecule has 0 aliphatic carbocycles. The van der Waals surface area contributed by atoms with Gasteiger partial charge in [0.15, 0.2) is 0 Å². The van der Waals surface area contributed by atoms with Crippen molar-refractivity contribution in [3.8, 4) is 0 Å². The lowest BCUT2D eigenvalue weighted by atomic mass is 9.91. The van der Waals surface area contributed by atoms with Gasteiger partial charge in [-0.25, -0.2) is 4.79 Å². The van der Waals surface area contributed by atoms with E-state index in [1.165, 1.54) is 0 Å². The van der Waals surface area contributed by atoms with Gasteiger partial charge in [-0.15, -0.1) is 0 Å². The number of ether oxygens (including phenoxy) is 1. The van der Waals surface area contributed by atoms with Crippen LogP contribution in [-0.4, -0.2) is 60.1 Å². The number of nitrogens with one attached hydrogen (secondary N) is 1. The Bertz CT molecular complexity index is 550. The first-order valence-electron chi connectivity index (χ1n) is 8.09. The summed E-state index contributed by atoms with van der Waals surface area (Å²) in [6.07, 6.45) is 2.94. The van der Waals surface area contributed by atoms with E-state index in [1.54, 1.807) is 17.2 Å². The van der Waals surface area contributed by atoms with E-state index in [-0.39, 0.29) is 17.6 Å². The molecule has 126 valence electrons. The highest BCUT2D eigenvalue weighted by Crippen LogP contribution is 2.32. The maximum Gasteiger partial charge on any atom is 0.410 e. The number of amides is 2. The largest absolute Gasteiger partial charge is 0.467 e. The maximum absolute atomic E-state index is 12.0. The molecule has 2 aliphatic heterocycles. The Morgan fingerprint density at radius 3 is 2.78 bits per heavy atom. The number of carbonyl (C=O) groups is 2. The van der Waals surface area contributed by atoms with E-state index < -0.39 is 0 Å². The van der Waals surface area contributed by atoms with Gasteiger partial charge in [-0.05, 0) is 19.1 Å². The minimum atomic E-state index is -0.353. The van der Waals surface area contributed by atoms with E-state index in [1.807, 2.05) is 13.0 Å². The van der Waals surface area contributed by atoms with Crippen molar-refractivity contribution in [3.63, 3.8) is 0 Å². The van der Waals surface area contributed by atoms with Gasteiger partial charge < -0.3 is 19.4 Å². The Balaban J connectivity index is 1.42. The zero-order chi connectivity index (χ0) is 16.3. The van der Waals surface area contributed by atoms with Crippen LogP contribution in [0.25, 0.3) is 0 Å². The van der Waals surface area contributed by atoms with E-state index in [2.05, 4.69) is 10.2 Å².